The molecule has 0 saturated heterocycles. The molecule has 0 aromatic carbocycles. The second-order valence-corrected chi connectivity index (χ2v) is 3.19. The van der Waals surface area contributed by atoms with Crippen molar-refractivity contribution in [3.05, 3.63) is 0 Å². The van der Waals surface area contributed by atoms with Crippen LogP contribution in [0, 0.1) is 0 Å². The molecule has 0 aromatic rings. The minimum absolute atomic E-state index is 0.164. The lowest BCUT2D eigenvalue weighted by molar-refractivity contribution is -0.145. The summed E-state index contributed by atoms with van der Waals surface area (Å²) >= 11 is 0. The van der Waals surface area contributed by atoms with Crippen molar-refractivity contribution in [2.45, 2.75) is 19.8 Å². The average molecular weight is 234 g/mol. The molecule has 96 valence electrons. The maximum atomic E-state index is 10.9. The van der Waals surface area contributed by atoms with Gasteiger partial charge in [0.2, 0.25) is 0 Å². The highest BCUT2D eigenvalue weighted by Gasteiger charge is 1.99. The van der Waals surface area contributed by atoms with Crippen molar-refractivity contribution in [1.82, 2.24) is 0 Å². The van der Waals surface area contributed by atoms with Gasteiger partial charge in [-0.25, -0.2) is 0 Å². The fourth-order valence-corrected chi connectivity index (χ4v) is 0.955. The maximum Gasteiger partial charge on any atom is 0.305 e. The zero-order valence-corrected chi connectivity index (χ0v) is 10.2. The first kappa shape index (κ1) is 15.3. The lowest BCUT2D eigenvalue weighted by Crippen LogP contribution is -2.13. The van der Waals surface area contributed by atoms with Gasteiger partial charge in [0, 0.05) is 13.5 Å². The number of carbonyl (C=O) groups is 1. The van der Waals surface area contributed by atoms with E-state index in [1.165, 1.54) is 0 Å². The summed E-state index contributed by atoms with van der Waals surface area (Å²) in [5.41, 5.74) is 0. The van der Waals surface area contributed by atoms with Crippen LogP contribution in [0.4, 0.5) is 0 Å². The first-order valence-corrected chi connectivity index (χ1v) is 5.61. The summed E-state index contributed by atoms with van der Waals surface area (Å²) in [6.45, 7) is 4.89. The normalized spacial score (nSPS) is 10.4. The summed E-state index contributed by atoms with van der Waals surface area (Å²) < 4.78 is 20.1. The largest absolute Gasteiger partial charge is 0.463 e. The molecule has 0 fully saturated rings. The van der Waals surface area contributed by atoms with E-state index < -0.39 is 0 Å². The van der Waals surface area contributed by atoms with Crippen LogP contribution < -0.4 is 0 Å². The van der Waals surface area contributed by atoms with Crippen LogP contribution in [-0.2, 0) is 23.7 Å². The molecular formula is C11H22O5. The molecule has 0 atom stereocenters. The molecule has 0 aliphatic carbocycles. The van der Waals surface area contributed by atoms with E-state index in [1.54, 1.807) is 7.11 Å². The third-order valence-corrected chi connectivity index (χ3v) is 1.75. The molecule has 0 amide bonds. The number of hydrogen-bond acceptors (Lipinski definition) is 5. The Bertz CT molecular complexity index is 160. The number of methoxy groups -OCH3 is 1. The van der Waals surface area contributed by atoms with Crippen molar-refractivity contribution in [1.29, 1.82) is 0 Å². The molecule has 0 aromatic heterocycles. The van der Waals surface area contributed by atoms with E-state index in [1.807, 2.05) is 6.92 Å². The molecule has 0 rings (SSSR count). The van der Waals surface area contributed by atoms with Gasteiger partial charge in [-0.2, -0.15) is 0 Å². The van der Waals surface area contributed by atoms with Gasteiger partial charge in [0.05, 0.1) is 33.0 Å². The summed E-state index contributed by atoms with van der Waals surface area (Å²) in [6, 6.07) is 0. The zero-order chi connectivity index (χ0) is 12.1. The van der Waals surface area contributed by atoms with Gasteiger partial charge >= 0.3 is 5.97 Å². The van der Waals surface area contributed by atoms with Crippen LogP contribution in [0.25, 0.3) is 0 Å². The number of rotatable bonds is 11. The molecule has 0 aliphatic heterocycles. The molecule has 5 heteroatoms. The number of esters is 1. The van der Waals surface area contributed by atoms with Crippen LogP contribution in [0.1, 0.15) is 19.8 Å². The lowest BCUT2D eigenvalue weighted by Gasteiger charge is -2.06. The topological polar surface area (TPSA) is 54.0 Å². The first-order valence-electron chi connectivity index (χ1n) is 5.61. The Morgan fingerprint density at radius 3 is 2.06 bits per heavy atom. The molecule has 0 radical (unpaired) electrons. The van der Waals surface area contributed by atoms with E-state index in [4.69, 9.17) is 18.9 Å². The van der Waals surface area contributed by atoms with Gasteiger partial charge < -0.3 is 18.9 Å². The molecule has 16 heavy (non-hydrogen) atoms. The van der Waals surface area contributed by atoms with Crippen LogP contribution in [0.15, 0.2) is 0 Å². The van der Waals surface area contributed by atoms with Gasteiger partial charge in [-0.05, 0) is 6.42 Å². The molecule has 0 unspecified atom stereocenters. The van der Waals surface area contributed by atoms with E-state index in [2.05, 4.69) is 0 Å². The molecular weight excluding hydrogens is 212 g/mol. The fourth-order valence-electron chi connectivity index (χ4n) is 0.955. The Kier molecular flexibility index (Phi) is 11.9. The third-order valence-electron chi connectivity index (χ3n) is 1.75. The fraction of sp³-hybridized carbons (Fsp3) is 0.909. The lowest BCUT2D eigenvalue weighted by atomic mass is 10.3. The number of hydrogen-bond donors (Lipinski definition) is 0. The van der Waals surface area contributed by atoms with Gasteiger partial charge in [0.25, 0.3) is 0 Å². The SMILES string of the molecule is CCCC(=O)OCCOCCOCCOC. The van der Waals surface area contributed by atoms with Gasteiger partial charge in [0.15, 0.2) is 0 Å². The third kappa shape index (κ3) is 11.4. The number of ether oxygens (including phenoxy) is 4. The molecule has 5 nitrogen and oxygen atoms in total. The minimum atomic E-state index is -0.164. The Balaban J connectivity index is 3.01. The van der Waals surface area contributed by atoms with E-state index in [9.17, 15) is 4.79 Å². The number of carbonyl (C=O) groups excluding carboxylic acids is 1. The Hall–Kier alpha value is -0.650. The smallest absolute Gasteiger partial charge is 0.305 e. The van der Waals surface area contributed by atoms with Crippen molar-refractivity contribution >= 4 is 5.97 Å². The summed E-state index contributed by atoms with van der Waals surface area (Å²) in [5.74, 6) is -0.164. The van der Waals surface area contributed by atoms with Gasteiger partial charge in [-0.3, -0.25) is 4.79 Å². The Morgan fingerprint density at radius 2 is 1.50 bits per heavy atom. The van der Waals surface area contributed by atoms with Crippen LogP contribution in [-0.4, -0.2) is 52.7 Å². The predicted molar refractivity (Wildman–Crippen MR) is 59.4 cm³/mol. The quantitative estimate of drug-likeness (QED) is 0.394. The first-order chi connectivity index (χ1) is 7.81. The summed E-state index contributed by atoms with van der Waals surface area (Å²) in [5, 5.41) is 0. The van der Waals surface area contributed by atoms with Crippen LogP contribution in [0.5, 0.6) is 0 Å². The van der Waals surface area contributed by atoms with Crippen molar-refractivity contribution in [3.63, 3.8) is 0 Å². The summed E-state index contributed by atoms with van der Waals surface area (Å²) in [7, 11) is 1.63. The molecule has 0 saturated carbocycles. The predicted octanol–water partition coefficient (Wildman–Crippen LogP) is 1.01. The van der Waals surface area contributed by atoms with Crippen molar-refractivity contribution in [3.8, 4) is 0 Å². The average Bonchev–Trinajstić information content (AvgIpc) is 2.27. The monoisotopic (exact) mass is 234 g/mol. The van der Waals surface area contributed by atoms with Gasteiger partial charge in [-0.1, -0.05) is 6.92 Å². The van der Waals surface area contributed by atoms with Crippen molar-refractivity contribution in [2.24, 2.45) is 0 Å². The standard InChI is InChI=1S/C11H22O5/c1-3-4-11(12)16-10-9-15-8-7-14-6-5-13-2/h3-10H2,1-2H3. The summed E-state index contributed by atoms with van der Waals surface area (Å²) in [4.78, 5) is 10.9. The second-order valence-electron chi connectivity index (χ2n) is 3.19. The Labute approximate surface area is 97.0 Å². The molecule has 0 aliphatic rings. The van der Waals surface area contributed by atoms with E-state index >= 15 is 0 Å². The highest BCUT2D eigenvalue weighted by atomic mass is 16.6. The zero-order valence-electron chi connectivity index (χ0n) is 10.2. The molecule has 0 bridgehead atoms. The second kappa shape index (κ2) is 12.4. The summed E-state index contributed by atoms with van der Waals surface area (Å²) in [6.07, 6.45) is 1.28. The van der Waals surface area contributed by atoms with Gasteiger partial charge in [0.1, 0.15) is 6.61 Å². The van der Waals surface area contributed by atoms with Gasteiger partial charge in [-0.15, -0.1) is 0 Å². The molecule has 0 N–H and O–H groups in total. The Morgan fingerprint density at radius 1 is 0.938 bits per heavy atom. The highest BCUT2D eigenvalue weighted by molar-refractivity contribution is 5.69. The highest BCUT2D eigenvalue weighted by Crippen LogP contribution is 1.90. The minimum Gasteiger partial charge on any atom is -0.463 e. The van der Waals surface area contributed by atoms with Crippen LogP contribution in [0.2, 0.25) is 0 Å². The molecule has 0 heterocycles. The van der Waals surface area contributed by atoms with Crippen molar-refractivity contribution in [2.75, 3.05) is 46.8 Å². The van der Waals surface area contributed by atoms with E-state index in [-0.39, 0.29) is 5.97 Å². The van der Waals surface area contributed by atoms with E-state index in [0.717, 1.165) is 6.42 Å². The molecule has 0 spiro atoms. The maximum absolute atomic E-state index is 10.9. The van der Waals surface area contributed by atoms with Crippen LogP contribution >= 0.6 is 0 Å². The van der Waals surface area contributed by atoms with E-state index in [0.29, 0.717) is 46.1 Å². The van der Waals surface area contributed by atoms with Crippen molar-refractivity contribution < 1.29 is 23.7 Å². The van der Waals surface area contributed by atoms with Crippen LogP contribution in [0.3, 0.4) is 0 Å².